The van der Waals surface area contributed by atoms with Crippen LogP contribution in [0, 0.1) is 11.6 Å². The molecule has 0 saturated carbocycles. The minimum atomic E-state index is -0.903. The number of urea groups is 1. The molecule has 1 atom stereocenters. The molecule has 0 aliphatic carbocycles. The van der Waals surface area contributed by atoms with Gasteiger partial charge in [0.05, 0.1) is 5.69 Å². The first kappa shape index (κ1) is 19.1. The Morgan fingerprint density at radius 3 is 2.59 bits per heavy atom. The molecule has 9 heteroatoms. The second-order valence-electron chi connectivity index (χ2n) is 7.03. The number of rotatable bonds is 3. The van der Waals surface area contributed by atoms with Crippen molar-refractivity contribution in [1.29, 1.82) is 0 Å². The van der Waals surface area contributed by atoms with E-state index in [1.165, 1.54) is 12.1 Å². The zero-order valence-corrected chi connectivity index (χ0v) is 16.1. The summed E-state index contributed by atoms with van der Waals surface area (Å²) in [7, 11) is 1.83. The number of carbonyl (C=O) groups is 1. The van der Waals surface area contributed by atoms with Crippen LogP contribution in [0.5, 0.6) is 0 Å². The molecule has 0 bridgehead atoms. The zero-order chi connectivity index (χ0) is 20.4. The second-order valence-corrected chi connectivity index (χ2v) is 7.03. The van der Waals surface area contributed by atoms with E-state index in [2.05, 4.69) is 15.4 Å². The maximum Gasteiger partial charge on any atom is 0.319 e. The summed E-state index contributed by atoms with van der Waals surface area (Å²) < 4.78 is 27.6. The van der Waals surface area contributed by atoms with Gasteiger partial charge in [-0.25, -0.2) is 18.6 Å². The molecule has 29 heavy (non-hydrogen) atoms. The van der Waals surface area contributed by atoms with Crippen LogP contribution in [0.2, 0.25) is 0 Å². The molecule has 2 aromatic rings. The van der Waals surface area contributed by atoms with Crippen LogP contribution in [-0.2, 0) is 0 Å². The summed E-state index contributed by atoms with van der Waals surface area (Å²) in [4.78, 5) is 20.8. The molecule has 1 aromatic carbocycles. The Kier molecular flexibility index (Phi) is 5.28. The summed E-state index contributed by atoms with van der Waals surface area (Å²) in [6.45, 7) is 2.30. The molecule has 152 valence electrons. The minimum Gasteiger partial charge on any atom is -0.353 e. The number of aromatic nitrogens is 1. The summed E-state index contributed by atoms with van der Waals surface area (Å²) in [5, 5.41) is 8.82. The molecule has 0 spiro atoms. The molecule has 0 radical (unpaired) electrons. The number of hydrogen-bond donors (Lipinski definition) is 1. The zero-order valence-electron chi connectivity index (χ0n) is 16.1. The van der Waals surface area contributed by atoms with Crippen LogP contribution in [0.4, 0.5) is 19.4 Å². The number of hydrazone groups is 1. The average Bonchev–Trinajstić information content (AvgIpc) is 3.14. The summed E-state index contributed by atoms with van der Waals surface area (Å²) in [6.07, 6.45) is 2.36. The van der Waals surface area contributed by atoms with E-state index in [0.29, 0.717) is 44.1 Å². The lowest BCUT2D eigenvalue weighted by Gasteiger charge is -2.36. The highest BCUT2D eigenvalue weighted by Gasteiger charge is 2.26. The number of anilines is 1. The van der Waals surface area contributed by atoms with Gasteiger partial charge in [-0.05, 0) is 24.3 Å². The van der Waals surface area contributed by atoms with Gasteiger partial charge >= 0.3 is 6.03 Å². The lowest BCUT2D eigenvalue weighted by molar-refractivity contribution is 0.171. The Labute approximate surface area is 167 Å². The third kappa shape index (κ3) is 3.98. The minimum absolute atomic E-state index is 0.111. The van der Waals surface area contributed by atoms with Crippen molar-refractivity contribution in [3.8, 4) is 11.3 Å². The van der Waals surface area contributed by atoms with Crippen LogP contribution in [0.15, 0.2) is 41.5 Å². The highest BCUT2D eigenvalue weighted by atomic mass is 19.2. The van der Waals surface area contributed by atoms with E-state index in [4.69, 9.17) is 0 Å². The van der Waals surface area contributed by atoms with E-state index in [1.54, 1.807) is 28.3 Å². The van der Waals surface area contributed by atoms with Gasteiger partial charge in [0.25, 0.3) is 0 Å². The quantitative estimate of drug-likeness (QED) is 0.860. The fourth-order valence-corrected chi connectivity index (χ4v) is 3.48. The molecular weight excluding hydrogens is 378 g/mol. The third-order valence-electron chi connectivity index (χ3n) is 5.19. The molecule has 1 fully saturated rings. The van der Waals surface area contributed by atoms with Crippen molar-refractivity contribution in [3.63, 3.8) is 0 Å². The van der Waals surface area contributed by atoms with Crippen molar-refractivity contribution in [1.82, 2.24) is 20.2 Å². The number of benzene rings is 1. The second kappa shape index (κ2) is 8.02. The molecule has 7 nitrogen and oxygen atoms in total. The van der Waals surface area contributed by atoms with Crippen LogP contribution >= 0.6 is 0 Å². The number of pyridine rings is 1. The first-order valence-corrected chi connectivity index (χ1v) is 9.50. The predicted octanol–water partition coefficient (Wildman–Crippen LogP) is 2.51. The Morgan fingerprint density at radius 2 is 1.86 bits per heavy atom. The van der Waals surface area contributed by atoms with E-state index in [-0.39, 0.29) is 17.8 Å². The van der Waals surface area contributed by atoms with Gasteiger partial charge in [0, 0.05) is 51.4 Å². The van der Waals surface area contributed by atoms with Crippen molar-refractivity contribution in [2.45, 2.75) is 12.6 Å². The van der Waals surface area contributed by atoms with Crippen LogP contribution in [0.25, 0.3) is 11.3 Å². The first-order valence-electron chi connectivity index (χ1n) is 9.50. The normalized spacial score (nSPS) is 19.0. The van der Waals surface area contributed by atoms with Gasteiger partial charge in [-0.3, -0.25) is 5.01 Å². The van der Waals surface area contributed by atoms with E-state index in [1.807, 2.05) is 18.0 Å². The number of carbonyl (C=O) groups excluding carboxylic acids is 1. The molecule has 2 amide bonds. The van der Waals surface area contributed by atoms with Crippen molar-refractivity contribution < 1.29 is 13.6 Å². The van der Waals surface area contributed by atoms with Gasteiger partial charge in [0.15, 0.2) is 11.6 Å². The van der Waals surface area contributed by atoms with E-state index < -0.39 is 11.6 Å². The smallest absolute Gasteiger partial charge is 0.319 e. The number of amides is 2. The van der Waals surface area contributed by atoms with Crippen molar-refractivity contribution in [3.05, 3.63) is 48.0 Å². The third-order valence-corrected chi connectivity index (χ3v) is 5.19. The van der Waals surface area contributed by atoms with E-state index in [0.717, 1.165) is 6.07 Å². The predicted molar refractivity (Wildman–Crippen MR) is 107 cm³/mol. The van der Waals surface area contributed by atoms with Gasteiger partial charge in [0.1, 0.15) is 12.0 Å². The summed E-state index contributed by atoms with van der Waals surface area (Å²) in [5.41, 5.74) is 0.511. The number of halogens is 2. The fourth-order valence-electron chi connectivity index (χ4n) is 3.48. The molecule has 2 aliphatic rings. The highest BCUT2D eigenvalue weighted by Crippen LogP contribution is 2.25. The van der Waals surface area contributed by atoms with Gasteiger partial charge in [-0.2, -0.15) is 5.10 Å². The molecule has 1 aromatic heterocycles. The molecular formula is C20H22F2N6O. The fraction of sp³-hybridized carbons (Fsp3) is 0.350. The first-order chi connectivity index (χ1) is 14.0. The van der Waals surface area contributed by atoms with Gasteiger partial charge in [-0.1, -0.05) is 12.1 Å². The van der Waals surface area contributed by atoms with Crippen molar-refractivity contribution in [2.24, 2.45) is 5.10 Å². The van der Waals surface area contributed by atoms with Crippen LogP contribution in [-0.4, -0.2) is 66.5 Å². The SMILES string of the molecule is CN1N=CCC1NC(=O)N1CCN(c2cccc(-c3cccc(F)c3F)n2)CC1. The molecule has 3 heterocycles. The number of piperazine rings is 1. The van der Waals surface area contributed by atoms with E-state index >= 15 is 0 Å². The van der Waals surface area contributed by atoms with Gasteiger partial charge in [0.2, 0.25) is 0 Å². The summed E-state index contributed by atoms with van der Waals surface area (Å²) >= 11 is 0. The standard InChI is InChI=1S/C20H22F2N6O/c1-26-17(8-9-23-26)25-20(29)28-12-10-27(11-13-28)18-7-3-6-16(24-18)14-4-2-5-15(21)19(14)22/h2-7,9,17H,8,10-13H2,1H3,(H,25,29). The average molecular weight is 400 g/mol. The molecule has 1 unspecified atom stereocenters. The number of nitrogens with zero attached hydrogens (tertiary/aromatic N) is 5. The maximum absolute atomic E-state index is 14.1. The van der Waals surface area contributed by atoms with Crippen LogP contribution in [0.3, 0.4) is 0 Å². The van der Waals surface area contributed by atoms with Gasteiger partial charge in [-0.15, -0.1) is 0 Å². The van der Waals surface area contributed by atoms with Crippen LogP contribution in [0.1, 0.15) is 6.42 Å². The Bertz CT molecular complexity index is 929. The summed E-state index contributed by atoms with van der Waals surface area (Å²) in [5.74, 6) is -1.12. The Balaban J connectivity index is 1.40. The lowest BCUT2D eigenvalue weighted by atomic mass is 10.1. The molecule has 4 rings (SSSR count). The van der Waals surface area contributed by atoms with Gasteiger partial charge < -0.3 is 15.1 Å². The van der Waals surface area contributed by atoms with Crippen molar-refractivity contribution in [2.75, 3.05) is 38.1 Å². The number of nitrogens with one attached hydrogen (secondary N) is 1. The monoisotopic (exact) mass is 400 g/mol. The Morgan fingerprint density at radius 1 is 1.10 bits per heavy atom. The van der Waals surface area contributed by atoms with E-state index in [9.17, 15) is 13.6 Å². The highest BCUT2D eigenvalue weighted by molar-refractivity contribution is 5.76. The summed E-state index contributed by atoms with van der Waals surface area (Å²) in [6, 6.07) is 9.21. The topological polar surface area (TPSA) is 64.1 Å². The van der Waals surface area contributed by atoms with Crippen molar-refractivity contribution >= 4 is 18.1 Å². The van der Waals surface area contributed by atoms with Crippen LogP contribution < -0.4 is 10.2 Å². The molecule has 1 N–H and O–H groups in total. The maximum atomic E-state index is 14.1. The largest absolute Gasteiger partial charge is 0.353 e. The Hall–Kier alpha value is -3.23. The molecule has 1 saturated heterocycles. The number of hydrogen-bond acceptors (Lipinski definition) is 5. The lowest BCUT2D eigenvalue weighted by Crippen LogP contribution is -2.55. The molecule has 2 aliphatic heterocycles.